The normalized spacial score (nSPS) is 11.3. The van der Waals surface area contributed by atoms with Gasteiger partial charge in [0.25, 0.3) is 0 Å². The zero-order valence-corrected chi connectivity index (χ0v) is 18.6. The van der Waals surface area contributed by atoms with Crippen LogP contribution in [0.4, 0.5) is 26.3 Å². The largest absolute Gasteiger partial charge is 0.494 e. The highest BCUT2D eigenvalue weighted by molar-refractivity contribution is 5.88. The van der Waals surface area contributed by atoms with Gasteiger partial charge in [0, 0.05) is 17.5 Å². The molecule has 0 N–H and O–H groups in total. The Morgan fingerprint density at radius 2 is 1.51 bits per heavy atom. The van der Waals surface area contributed by atoms with Gasteiger partial charge in [0.05, 0.1) is 12.2 Å². The first kappa shape index (κ1) is 24.4. The van der Waals surface area contributed by atoms with Gasteiger partial charge in [-0.2, -0.15) is 8.78 Å². The van der Waals surface area contributed by atoms with Gasteiger partial charge in [-0.1, -0.05) is 30.3 Å². The molecule has 0 aliphatic rings. The number of fused-ring (bicyclic) bond motifs is 1. The first-order valence-electron chi connectivity index (χ1n) is 10.8. The van der Waals surface area contributed by atoms with Crippen LogP contribution in [0.1, 0.15) is 18.1 Å². The Hall–Kier alpha value is -3.68. The molecule has 35 heavy (non-hydrogen) atoms. The summed E-state index contributed by atoms with van der Waals surface area (Å²) < 4.78 is 92.0. The molecular weight excluding hydrogens is 470 g/mol. The lowest BCUT2D eigenvalue weighted by Gasteiger charge is -2.12. The molecule has 0 aliphatic heterocycles. The average Bonchev–Trinajstić information content (AvgIpc) is 2.80. The average molecular weight is 490 g/mol. The van der Waals surface area contributed by atoms with Crippen LogP contribution in [0.5, 0.6) is 11.5 Å². The standard InChI is InChI=1S/C27H20F6O2/c1-2-34-19-13-22(29)25(23(30)14-19)18-8-9-20-17(12-18)7-6-16(26(20)31)5-3-15-4-10-24(21(28)11-15)35-27(32)33/h4,6-14,27H,2-3,5H2,1H3. The molecule has 182 valence electrons. The van der Waals surface area contributed by atoms with Crippen LogP contribution in [-0.2, 0) is 12.8 Å². The SMILES string of the molecule is CCOc1cc(F)c(-c2ccc3c(F)c(CCc4ccc(OC(F)F)c(F)c4)ccc3c2)c(F)c1. The van der Waals surface area contributed by atoms with Gasteiger partial charge < -0.3 is 9.47 Å². The number of rotatable bonds is 8. The van der Waals surface area contributed by atoms with Crippen LogP contribution in [0, 0.1) is 23.3 Å². The molecule has 0 heterocycles. The van der Waals surface area contributed by atoms with E-state index in [4.69, 9.17) is 4.74 Å². The van der Waals surface area contributed by atoms with E-state index in [1.54, 1.807) is 19.1 Å². The van der Waals surface area contributed by atoms with E-state index in [-0.39, 0.29) is 41.7 Å². The van der Waals surface area contributed by atoms with Gasteiger partial charge in [0.2, 0.25) is 0 Å². The molecule has 0 amide bonds. The van der Waals surface area contributed by atoms with Crippen molar-refractivity contribution in [1.82, 2.24) is 0 Å². The second kappa shape index (κ2) is 10.3. The van der Waals surface area contributed by atoms with Gasteiger partial charge in [-0.05, 0) is 60.0 Å². The molecule has 4 aromatic rings. The maximum absolute atomic E-state index is 15.1. The molecule has 0 saturated heterocycles. The third kappa shape index (κ3) is 5.37. The van der Waals surface area contributed by atoms with Crippen molar-refractivity contribution in [3.05, 3.63) is 95.1 Å². The van der Waals surface area contributed by atoms with Crippen LogP contribution in [0.2, 0.25) is 0 Å². The van der Waals surface area contributed by atoms with Gasteiger partial charge in [-0.25, -0.2) is 17.6 Å². The molecular formula is C27H20F6O2. The molecule has 8 heteroatoms. The minimum atomic E-state index is -3.13. The summed E-state index contributed by atoms with van der Waals surface area (Å²) in [4.78, 5) is 0. The van der Waals surface area contributed by atoms with Crippen LogP contribution in [0.15, 0.2) is 60.7 Å². The highest BCUT2D eigenvalue weighted by atomic mass is 19.3. The Morgan fingerprint density at radius 3 is 2.17 bits per heavy atom. The molecule has 4 aromatic carbocycles. The summed E-state index contributed by atoms with van der Waals surface area (Å²) >= 11 is 0. The first-order valence-corrected chi connectivity index (χ1v) is 10.8. The third-order valence-electron chi connectivity index (χ3n) is 5.54. The monoisotopic (exact) mass is 490 g/mol. The quantitative estimate of drug-likeness (QED) is 0.234. The van der Waals surface area contributed by atoms with Crippen LogP contribution >= 0.6 is 0 Å². The van der Waals surface area contributed by atoms with Crippen LogP contribution in [-0.4, -0.2) is 13.2 Å². The van der Waals surface area contributed by atoms with Crippen LogP contribution < -0.4 is 9.47 Å². The molecule has 0 aromatic heterocycles. The van der Waals surface area contributed by atoms with E-state index in [2.05, 4.69) is 4.74 Å². The third-order valence-corrected chi connectivity index (χ3v) is 5.54. The number of aryl methyl sites for hydroxylation is 2. The summed E-state index contributed by atoms with van der Waals surface area (Å²) in [6, 6.07) is 13.4. The number of ether oxygens (including phenoxy) is 2. The first-order chi connectivity index (χ1) is 16.8. The Labute approximate surface area is 197 Å². The number of alkyl halides is 2. The molecule has 0 saturated carbocycles. The minimum absolute atomic E-state index is 0.0822. The predicted molar refractivity (Wildman–Crippen MR) is 121 cm³/mol. The maximum atomic E-state index is 15.1. The summed E-state index contributed by atoms with van der Waals surface area (Å²) in [6.07, 6.45) is 0.481. The van der Waals surface area contributed by atoms with E-state index in [0.717, 1.165) is 24.3 Å². The fourth-order valence-electron chi connectivity index (χ4n) is 3.93. The minimum Gasteiger partial charge on any atom is -0.494 e. The molecule has 0 aliphatic carbocycles. The van der Waals surface area contributed by atoms with Gasteiger partial charge in [-0.15, -0.1) is 0 Å². The van der Waals surface area contributed by atoms with E-state index in [0.29, 0.717) is 16.5 Å². The second-order valence-corrected chi connectivity index (χ2v) is 7.81. The summed E-state index contributed by atoms with van der Waals surface area (Å²) in [5, 5.41) is 0.723. The zero-order valence-electron chi connectivity index (χ0n) is 18.6. The van der Waals surface area contributed by atoms with Crippen LogP contribution in [0.3, 0.4) is 0 Å². The van der Waals surface area contributed by atoms with Crippen molar-refractivity contribution in [3.8, 4) is 22.6 Å². The number of hydrogen-bond donors (Lipinski definition) is 0. The lowest BCUT2D eigenvalue weighted by molar-refractivity contribution is -0.0522. The van der Waals surface area contributed by atoms with Gasteiger partial charge in [0.1, 0.15) is 23.2 Å². The second-order valence-electron chi connectivity index (χ2n) is 7.81. The molecule has 0 fully saturated rings. The van der Waals surface area contributed by atoms with Crippen molar-refractivity contribution in [2.45, 2.75) is 26.4 Å². The van der Waals surface area contributed by atoms with Crippen molar-refractivity contribution in [2.24, 2.45) is 0 Å². The summed E-state index contributed by atoms with van der Waals surface area (Å²) in [5.41, 5.74) is 0.864. The predicted octanol–water partition coefficient (Wildman–Crippen LogP) is 7.85. The summed E-state index contributed by atoms with van der Waals surface area (Å²) in [7, 11) is 0. The molecule has 4 rings (SSSR count). The topological polar surface area (TPSA) is 18.5 Å². The smallest absolute Gasteiger partial charge is 0.387 e. The lowest BCUT2D eigenvalue weighted by Crippen LogP contribution is -2.04. The Kier molecular flexibility index (Phi) is 7.19. The Morgan fingerprint density at radius 1 is 0.771 bits per heavy atom. The molecule has 0 spiro atoms. The summed E-state index contributed by atoms with van der Waals surface area (Å²) in [6.45, 7) is -1.16. The number of hydrogen-bond acceptors (Lipinski definition) is 2. The highest BCUT2D eigenvalue weighted by Gasteiger charge is 2.16. The molecule has 0 bridgehead atoms. The van der Waals surface area contributed by atoms with Crippen molar-refractivity contribution < 1.29 is 35.8 Å². The Balaban J connectivity index is 1.57. The zero-order chi connectivity index (χ0) is 25.1. The number of halogens is 6. The summed E-state index contributed by atoms with van der Waals surface area (Å²) in [5.74, 6) is -3.48. The van der Waals surface area contributed by atoms with E-state index in [1.807, 2.05) is 0 Å². The van der Waals surface area contributed by atoms with E-state index in [9.17, 15) is 22.0 Å². The van der Waals surface area contributed by atoms with Gasteiger partial charge >= 0.3 is 6.61 Å². The molecule has 2 nitrogen and oxygen atoms in total. The van der Waals surface area contributed by atoms with Crippen molar-refractivity contribution in [3.63, 3.8) is 0 Å². The Bertz CT molecular complexity index is 1350. The van der Waals surface area contributed by atoms with Crippen molar-refractivity contribution in [2.75, 3.05) is 6.61 Å². The van der Waals surface area contributed by atoms with Crippen molar-refractivity contribution in [1.29, 1.82) is 0 Å². The van der Waals surface area contributed by atoms with Gasteiger partial charge in [0.15, 0.2) is 11.6 Å². The fourth-order valence-corrected chi connectivity index (χ4v) is 3.93. The molecule has 0 unspecified atom stereocenters. The number of benzene rings is 4. The molecule has 0 atom stereocenters. The molecule has 0 radical (unpaired) electrons. The van der Waals surface area contributed by atoms with E-state index in [1.165, 1.54) is 24.3 Å². The maximum Gasteiger partial charge on any atom is 0.387 e. The van der Waals surface area contributed by atoms with E-state index < -0.39 is 35.6 Å². The lowest BCUT2D eigenvalue weighted by atomic mass is 9.96. The van der Waals surface area contributed by atoms with Crippen LogP contribution in [0.25, 0.3) is 21.9 Å². The van der Waals surface area contributed by atoms with Crippen molar-refractivity contribution >= 4 is 10.8 Å². The van der Waals surface area contributed by atoms with E-state index >= 15 is 4.39 Å². The van der Waals surface area contributed by atoms with Gasteiger partial charge in [-0.3, -0.25) is 0 Å². The highest BCUT2D eigenvalue weighted by Crippen LogP contribution is 2.33. The fraction of sp³-hybridized carbons (Fsp3) is 0.185.